The summed E-state index contributed by atoms with van der Waals surface area (Å²) in [6.07, 6.45) is 0. The number of hydrogen-bond acceptors (Lipinski definition) is 4. The first kappa shape index (κ1) is 12.1. The van der Waals surface area contributed by atoms with Gasteiger partial charge < -0.3 is 10.5 Å². The molecule has 0 aliphatic heterocycles. The number of aromatic nitrogens is 2. The van der Waals surface area contributed by atoms with Gasteiger partial charge >= 0.3 is 0 Å². The van der Waals surface area contributed by atoms with Crippen LogP contribution >= 0.6 is 0 Å². The quantitative estimate of drug-likeness (QED) is 0.818. The highest BCUT2D eigenvalue weighted by Crippen LogP contribution is 2.17. The molecule has 0 saturated carbocycles. The fraction of sp³-hybridized carbons (Fsp3) is 0.167. The van der Waals surface area contributed by atoms with Crippen molar-refractivity contribution < 1.29 is 9.53 Å². The summed E-state index contributed by atoms with van der Waals surface area (Å²) >= 11 is 0. The van der Waals surface area contributed by atoms with Crippen molar-refractivity contribution in [1.29, 1.82) is 0 Å². The van der Waals surface area contributed by atoms with Gasteiger partial charge in [-0.1, -0.05) is 12.1 Å². The number of para-hydroxylation sites is 1. The van der Waals surface area contributed by atoms with Crippen molar-refractivity contribution in [3.8, 4) is 5.75 Å². The van der Waals surface area contributed by atoms with Crippen LogP contribution in [0, 0.1) is 0 Å². The van der Waals surface area contributed by atoms with E-state index in [4.69, 9.17) is 10.5 Å². The molecule has 0 saturated heterocycles. The molecule has 1 aromatic heterocycles. The van der Waals surface area contributed by atoms with E-state index in [1.807, 2.05) is 0 Å². The first-order chi connectivity index (χ1) is 8.67. The van der Waals surface area contributed by atoms with Crippen molar-refractivity contribution in [2.75, 3.05) is 7.11 Å². The minimum absolute atomic E-state index is 0.168. The molecule has 0 bridgehead atoms. The van der Waals surface area contributed by atoms with Crippen molar-refractivity contribution in [1.82, 2.24) is 9.78 Å². The van der Waals surface area contributed by atoms with Gasteiger partial charge in [0, 0.05) is 12.6 Å². The molecule has 0 radical (unpaired) electrons. The highest BCUT2D eigenvalue weighted by atomic mass is 16.5. The monoisotopic (exact) mass is 247 g/mol. The Bertz CT molecular complexity index is 627. The SMILES string of the molecule is COc1ccccc1C(=O)n1[nH]c(CN)cc1=O. The number of nitrogens with one attached hydrogen (secondary N) is 1. The lowest BCUT2D eigenvalue weighted by atomic mass is 10.2. The van der Waals surface area contributed by atoms with Gasteiger partial charge in [-0.3, -0.25) is 14.7 Å². The Balaban J connectivity index is 2.47. The normalized spacial score (nSPS) is 10.3. The Morgan fingerprint density at radius 1 is 1.44 bits per heavy atom. The van der Waals surface area contributed by atoms with Crippen molar-refractivity contribution in [3.63, 3.8) is 0 Å². The summed E-state index contributed by atoms with van der Waals surface area (Å²) in [4.78, 5) is 23.8. The number of carbonyl (C=O) groups excluding carboxylic acids is 1. The first-order valence-corrected chi connectivity index (χ1v) is 5.36. The fourth-order valence-electron chi connectivity index (χ4n) is 1.64. The maximum Gasteiger partial charge on any atom is 0.283 e. The average molecular weight is 247 g/mol. The van der Waals surface area contributed by atoms with Gasteiger partial charge in [0.1, 0.15) is 5.75 Å². The lowest BCUT2D eigenvalue weighted by molar-refractivity contribution is 0.0938. The maximum atomic E-state index is 12.2. The number of methoxy groups -OCH3 is 1. The Labute approximate surface area is 103 Å². The molecule has 6 heteroatoms. The predicted octanol–water partition coefficient (Wildman–Crippen LogP) is 0.332. The van der Waals surface area contributed by atoms with Crippen molar-refractivity contribution in [2.24, 2.45) is 5.73 Å². The number of rotatable bonds is 3. The summed E-state index contributed by atoms with van der Waals surface area (Å²) in [5.74, 6) is -0.0598. The van der Waals surface area contributed by atoms with Crippen LogP contribution in [0.5, 0.6) is 5.75 Å². The Morgan fingerprint density at radius 2 is 2.17 bits per heavy atom. The molecule has 1 aromatic carbocycles. The lowest BCUT2D eigenvalue weighted by Gasteiger charge is -2.06. The van der Waals surface area contributed by atoms with Gasteiger partial charge in [-0.25, -0.2) is 0 Å². The number of nitrogens with two attached hydrogens (primary N) is 1. The highest BCUT2D eigenvalue weighted by molar-refractivity contribution is 5.97. The second kappa shape index (κ2) is 4.89. The summed E-state index contributed by atoms with van der Waals surface area (Å²) in [7, 11) is 1.47. The highest BCUT2D eigenvalue weighted by Gasteiger charge is 2.16. The first-order valence-electron chi connectivity index (χ1n) is 5.36. The largest absolute Gasteiger partial charge is 0.496 e. The molecule has 94 valence electrons. The Morgan fingerprint density at radius 3 is 2.78 bits per heavy atom. The number of carbonyl (C=O) groups is 1. The van der Waals surface area contributed by atoms with Gasteiger partial charge in [-0.15, -0.1) is 0 Å². The summed E-state index contributed by atoms with van der Waals surface area (Å²) in [6.45, 7) is 0.168. The van der Waals surface area contributed by atoms with Crippen molar-refractivity contribution >= 4 is 5.91 Å². The minimum Gasteiger partial charge on any atom is -0.496 e. The third-order valence-corrected chi connectivity index (χ3v) is 2.53. The number of aromatic amines is 1. The van der Waals surface area contributed by atoms with Gasteiger partial charge in [-0.2, -0.15) is 4.68 Å². The van der Waals surface area contributed by atoms with Crippen LogP contribution in [0.4, 0.5) is 0 Å². The van der Waals surface area contributed by atoms with Crippen LogP contribution in [0.3, 0.4) is 0 Å². The van der Waals surface area contributed by atoms with Crippen LogP contribution in [-0.2, 0) is 6.54 Å². The molecule has 1 heterocycles. The Kier molecular flexibility index (Phi) is 3.29. The standard InChI is InChI=1S/C12H13N3O3/c1-18-10-5-3-2-4-9(10)12(17)15-11(16)6-8(7-13)14-15/h2-6,14H,7,13H2,1H3. The van der Waals surface area contributed by atoms with E-state index in [9.17, 15) is 9.59 Å². The van der Waals surface area contributed by atoms with E-state index < -0.39 is 11.5 Å². The van der Waals surface area contributed by atoms with Crippen LogP contribution in [0.25, 0.3) is 0 Å². The molecule has 0 spiro atoms. The van der Waals surface area contributed by atoms with Crippen LogP contribution in [0.2, 0.25) is 0 Å². The number of H-pyrrole nitrogens is 1. The molecule has 0 atom stereocenters. The zero-order valence-corrected chi connectivity index (χ0v) is 9.84. The van der Waals surface area contributed by atoms with E-state index in [-0.39, 0.29) is 6.54 Å². The number of hydrogen-bond donors (Lipinski definition) is 2. The molecule has 0 amide bonds. The van der Waals surface area contributed by atoms with Crippen LogP contribution < -0.4 is 16.0 Å². The zero-order chi connectivity index (χ0) is 13.1. The van der Waals surface area contributed by atoms with Crippen molar-refractivity contribution in [2.45, 2.75) is 6.54 Å². The number of benzene rings is 1. The molecule has 18 heavy (non-hydrogen) atoms. The maximum absolute atomic E-state index is 12.2. The van der Waals surface area contributed by atoms with E-state index in [1.165, 1.54) is 13.2 Å². The molecule has 6 nitrogen and oxygen atoms in total. The summed E-state index contributed by atoms with van der Waals surface area (Å²) in [5.41, 5.74) is 5.78. The van der Waals surface area contributed by atoms with E-state index in [0.29, 0.717) is 17.0 Å². The van der Waals surface area contributed by atoms with Crippen LogP contribution in [-0.4, -0.2) is 22.8 Å². The predicted molar refractivity (Wildman–Crippen MR) is 65.7 cm³/mol. The molecule has 3 N–H and O–H groups in total. The minimum atomic E-state index is -0.475. The van der Waals surface area contributed by atoms with Crippen LogP contribution in [0.1, 0.15) is 16.1 Å². The summed E-state index contributed by atoms with van der Waals surface area (Å²) in [6, 6.07) is 8.00. The molecule has 0 aliphatic carbocycles. The van der Waals surface area contributed by atoms with E-state index in [1.54, 1.807) is 24.3 Å². The third-order valence-electron chi connectivity index (χ3n) is 2.53. The molecular weight excluding hydrogens is 234 g/mol. The van der Waals surface area contributed by atoms with E-state index >= 15 is 0 Å². The second-order valence-corrected chi connectivity index (χ2v) is 3.66. The number of ether oxygens (including phenoxy) is 1. The zero-order valence-electron chi connectivity index (χ0n) is 9.84. The Hall–Kier alpha value is -2.34. The van der Waals surface area contributed by atoms with Gasteiger partial charge in [0.05, 0.1) is 18.4 Å². The molecular formula is C12H13N3O3. The summed E-state index contributed by atoms with van der Waals surface area (Å²) < 4.78 is 6.00. The summed E-state index contributed by atoms with van der Waals surface area (Å²) in [5, 5.41) is 2.65. The van der Waals surface area contributed by atoms with E-state index in [0.717, 1.165) is 4.68 Å². The molecule has 0 unspecified atom stereocenters. The molecule has 0 aliphatic rings. The average Bonchev–Trinajstić information content (AvgIpc) is 2.79. The topological polar surface area (TPSA) is 90.1 Å². The van der Waals surface area contributed by atoms with Gasteiger partial charge in [-0.05, 0) is 12.1 Å². The van der Waals surface area contributed by atoms with Gasteiger partial charge in [0.2, 0.25) is 0 Å². The molecule has 2 aromatic rings. The fourth-order valence-corrected chi connectivity index (χ4v) is 1.64. The third kappa shape index (κ3) is 2.05. The van der Waals surface area contributed by atoms with Gasteiger partial charge in [0.15, 0.2) is 0 Å². The van der Waals surface area contributed by atoms with Crippen molar-refractivity contribution in [3.05, 3.63) is 51.9 Å². The lowest BCUT2D eigenvalue weighted by Crippen LogP contribution is -2.25. The molecule has 2 rings (SSSR count). The van der Waals surface area contributed by atoms with E-state index in [2.05, 4.69) is 5.10 Å². The number of nitrogens with zero attached hydrogens (tertiary/aromatic N) is 1. The van der Waals surface area contributed by atoms with Gasteiger partial charge in [0.25, 0.3) is 11.5 Å². The van der Waals surface area contributed by atoms with Crippen LogP contribution in [0.15, 0.2) is 35.1 Å². The smallest absolute Gasteiger partial charge is 0.283 e. The molecule has 0 fully saturated rings. The second-order valence-electron chi connectivity index (χ2n) is 3.66.